The van der Waals surface area contributed by atoms with Gasteiger partial charge in [0.15, 0.2) is 0 Å². The van der Waals surface area contributed by atoms with Crippen LogP contribution in [0.1, 0.15) is 31.9 Å². The quantitative estimate of drug-likeness (QED) is 0.185. The van der Waals surface area contributed by atoms with Gasteiger partial charge in [-0.15, -0.1) is 0 Å². The van der Waals surface area contributed by atoms with E-state index in [-0.39, 0.29) is 34.5 Å². The lowest BCUT2D eigenvalue weighted by atomic mass is 10.1. The molecule has 0 aromatic heterocycles. The van der Waals surface area contributed by atoms with Crippen molar-refractivity contribution >= 4 is 56.4 Å². The molecule has 3 aromatic carbocycles. The molecule has 14 heteroatoms. The molecule has 3 aromatic rings. The molecule has 0 spiro atoms. The van der Waals surface area contributed by atoms with E-state index in [0.717, 1.165) is 10.4 Å². The molecule has 0 aliphatic carbocycles. The summed E-state index contributed by atoms with van der Waals surface area (Å²) in [6.07, 6.45) is 0. The molecule has 2 amide bonds. The summed E-state index contributed by atoms with van der Waals surface area (Å²) in [6, 6.07) is 13.4. The molecule has 44 heavy (non-hydrogen) atoms. The number of carbonyl (C=O) groups excluding carboxylic acids is 2. The Balaban J connectivity index is 2.15. The van der Waals surface area contributed by atoms with Crippen LogP contribution in [0.15, 0.2) is 65.6 Å². The zero-order valence-electron chi connectivity index (χ0n) is 24.9. The van der Waals surface area contributed by atoms with Crippen molar-refractivity contribution in [2.45, 2.75) is 45.2 Å². The normalized spacial score (nSPS) is 12.0. The van der Waals surface area contributed by atoms with E-state index in [1.54, 1.807) is 31.2 Å². The Morgan fingerprint density at radius 3 is 2.32 bits per heavy atom. The molecule has 11 nitrogen and oxygen atoms in total. The summed E-state index contributed by atoms with van der Waals surface area (Å²) in [5.41, 5.74) is 0.383. The molecule has 0 bridgehead atoms. The Hall–Kier alpha value is -3.87. The van der Waals surface area contributed by atoms with Gasteiger partial charge in [-0.2, -0.15) is 0 Å². The van der Waals surface area contributed by atoms with Crippen LogP contribution in [0.3, 0.4) is 0 Å². The summed E-state index contributed by atoms with van der Waals surface area (Å²) < 4.78 is 34.5. The van der Waals surface area contributed by atoms with Gasteiger partial charge in [-0.05, 0) is 61.7 Å². The molecule has 3 rings (SSSR count). The monoisotopic (exact) mass is 664 g/mol. The second-order valence-corrected chi connectivity index (χ2v) is 13.2. The van der Waals surface area contributed by atoms with Crippen LogP contribution in [-0.2, 0) is 26.2 Å². The number of nitrogens with one attached hydrogen (secondary N) is 1. The van der Waals surface area contributed by atoms with Crippen LogP contribution < -0.4 is 14.4 Å². The van der Waals surface area contributed by atoms with E-state index in [4.69, 9.17) is 27.9 Å². The highest BCUT2D eigenvalue weighted by Gasteiger charge is 2.35. The van der Waals surface area contributed by atoms with E-state index >= 15 is 0 Å². The van der Waals surface area contributed by atoms with Gasteiger partial charge in [-0.3, -0.25) is 24.0 Å². The lowest BCUT2D eigenvalue weighted by Crippen LogP contribution is -2.51. The number of hydrogen-bond acceptors (Lipinski definition) is 7. The maximum atomic E-state index is 14.2. The van der Waals surface area contributed by atoms with E-state index in [1.165, 1.54) is 49.3 Å². The Morgan fingerprint density at radius 1 is 1.02 bits per heavy atom. The van der Waals surface area contributed by atoms with Crippen molar-refractivity contribution in [3.05, 3.63) is 92.0 Å². The van der Waals surface area contributed by atoms with E-state index < -0.39 is 49.9 Å². The third kappa shape index (κ3) is 8.40. The first kappa shape index (κ1) is 34.6. The van der Waals surface area contributed by atoms with Crippen molar-refractivity contribution in [3.8, 4) is 5.75 Å². The number of nitro groups is 1. The summed E-state index contributed by atoms with van der Waals surface area (Å²) in [6.45, 7) is 6.40. The number of ether oxygens (including phenoxy) is 1. The minimum Gasteiger partial charge on any atom is -0.495 e. The fourth-order valence-corrected chi connectivity index (χ4v) is 6.13. The number of anilines is 1. The van der Waals surface area contributed by atoms with Gasteiger partial charge in [0.05, 0.1) is 22.6 Å². The number of sulfonamides is 1. The highest BCUT2D eigenvalue weighted by atomic mass is 35.5. The van der Waals surface area contributed by atoms with Crippen molar-refractivity contribution in [1.82, 2.24) is 10.2 Å². The molecule has 0 aliphatic heterocycles. The van der Waals surface area contributed by atoms with Crippen LogP contribution in [0.2, 0.25) is 10.0 Å². The van der Waals surface area contributed by atoms with E-state index in [1.807, 2.05) is 13.8 Å². The van der Waals surface area contributed by atoms with Gasteiger partial charge in [0.25, 0.3) is 15.7 Å². The highest BCUT2D eigenvalue weighted by molar-refractivity contribution is 7.92. The number of nitro benzene ring substituents is 1. The number of aryl methyl sites for hydroxylation is 1. The Bertz CT molecular complexity index is 1650. The molecule has 0 radical (unpaired) electrons. The second kappa shape index (κ2) is 14.7. The van der Waals surface area contributed by atoms with Crippen molar-refractivity contribution in [2.75, 3.05) is 24.5 Å². The predicted molar refractivity (Wildman–Crippen MR) is 170 cm³/mol. The van der Waals surface area contributed by atoms with Gasteiger partial charge in [-0.25, -0.2) is 8.42 Å². The van der Waals surface area contributed by atoms with Crippen molar-refractivity contribution < 1.29 is 27.7 Å². The Kier molecular flexibility index (Phi) is 11.6. The zero-order chi connectivity index (χ0) is 32.8. The minimum atomic E-state index is -4.63. The van der Waals surface area contributed by atoms with Crippen molar-refractivity contribution in [3.63, 3.8) is 0 Å². The summed E-state index contributed by atoms with van der Waals surface area (Å²) in [4.78, 5) is 39.0. The predicted octanol–water partition coefficient (Wildman–Crippen LogP) is 5.60. The average Bonchev–Trinajstić information content (AvgIpc) is 2.96. The van der Waals surface area contributed by atoms with Gasteiger partial charge < -0.3 is 15.0 Å². The van der Waals surface area contributed by atoms with Crippen molar-refractivity contribution in [2.24, 2.45) is 5.92 Å². The Morgan fingerprint density at radius 2 is 1.70 bits per heavy atom. The highest BCUT2D eigenvalue weighted by Crippen LogP contribution is 2.36. The smallest absolute Gasteiger partial charge is 0.273 e. The summed E-state index contributed by atoms with van der Waals surface area (Å²) in [5.74, 6) is -0.934. The SMILES string of the molecule is COc1ccc(Cl)cc1N(CC(=O)N(Cc1cccc(Cl)c1)C(C)C(=O)NCC(C)C)S(=O)(=O)c1ccc(C)c([N+](=O)[O-])c1. The summed E-state index contributed by atoms with van der Waals surface area (Å²) >= 11 is 12.4. The maximum Gasteiger partial charge on any atom is 0.273 e. The zero-order valence-corrected chi connectivity index (χ0v) is 27.2. The number of benzene rings is 3. The fraction of sp³-hybridized carbons (Fsp3) is 0.333. The third-order valence-electron chi connectivity index (χ3n) is 6.75. The molecule has 0 heterocycles. The number of amides is 2. The molecule has 0 saturated heterocycles. The van der Waals surface area contributed by atoms with Gasteiger partial charge in [0.2, 0.25) is 11.8 Å². The molecular formula is C30H34Cl2N4O7S. The third-order valence-corrected chi connectivity index (χ3v) is 8.97. The van der Waals surface area contributed by atoms with Gasteiger partial charge in [0, 0.05) is 34.8 Å². The molecule has 1 atom stereocenters. The molecule has 1 N–H and O–H groups in total. The topological polar surface area (TPSA) is 139 Å². The standard InChI is InChI=1S/C30H34Cl2N4O7S/c1-19(2)16-33-30(38)21(4)34(17-22-7-6-8-23(31)13-22)29(37)18-35(27-14-24(32)10-12-28(27)43-5)44(41,42)25-11-9-20(3)26(15-25)36(39)40/h6-15,19,21H,16-18H2,1-5H3,(H,33,38). The maximum absolute atomic E-state index is 14.2. The van der Waals surface area contributed by atoms with E-state index in [0.29, 0.717) is 17.1 Å². The fourth-order valence-electron chi connectivity index (χ4n) is 4.31. The number of nitrogens with zero attached hydrogens (tertiary/aromatic N) is 3. The first-order valence-corrected chi connectivity index (χ1v) is 15.8. The molecule has 0 saturated carbocycles. The molecular weight excluding hydrogens is 631 g/mol. The Labute approximate surface area is 266 Å². The number of rotatable bonds is 13. The van der Waals surface area contributed by atoms with E-state index in [2.05, 4.69) is 5.32 Å². The van der Waals surface area contributed by atoms with Gasteiger partial charge in [-0.1, -0.05) is 55.2 Å². The molecule has 1 unspecified atom stereocenters. The van der Waals surface area contributed by atoms with Crippen LogP contribution in [-0.4, -0.2) is 56.3 Å². The van der Waals surface area contributed by atoms with Gasteiger partial charge >= 0.3 is 0 Å². The molecule has 236 valence electrons. The van der Waals surface area contributed by atoms with Crippen LogP contribution in [0.4, 0.5) is 11.4 Å². The van der Waals surface area contributed by atoms with Crippen LogP contribution >= 0.6 is 23.2 Å². The number of carbonyl (C=O) groups is 2. The minimum absolute atomic E-state index is 0.0633. The number of methoxy groups -OCH3 is 1. The van der Waals surface area contributed by atoms with Crippen LogP contribution in [0, 0.1) is 23.0 Å². The van der Waals surface area contributed by atoms with Gasteiger partial charge in [0.1, 0.15) is 18.3 Å². The summed E-state index contributed by atoms with van der Waals surface area (Å²) in [5, 5.41) is 15.0. The van der Waals surface area contributed by atoms with Crippen LogP contribution in [0.5, 0.6) is 5.75 Å². The lowest BCUT2D eigenvalue weighted by molar-refractivity contribution is -0.385. The average molecular weight is 666 g/mol. The first-order valence-electron chi connectivity index (χ1n) is 13.6. The van der Waals surface area contributed by atoms with E-state index in [9.17, 15) is 28.1 Å². The lowest BCUT2D eigenvalue weighted by Gasteiger charge is -2.32. The second-order valence-electron chi connectivity index (χ2n) is 10.5. The summed E-state index contributed by atoms with van der Waals surface area (Å²) in [7, 11) is -3.31. The van der Waals surface area contributed by atoms with Crippen LogP contribution in [0.25, 0.3) is 0 Å². The largest absolute Gasteiger partial charge is 0.495 e. The number of hydrogen-bond donors (Lipinski definition) is 1. The first-order chi connectivity index (χ1) is 20.6. The molecule has 0 aliphatic rings. The molecule has 0 fully saturated rings. The van der Waals surface area contributed by atoms with Crippen molar-refractivity contribution in [1.29, 1.82) is 0 Å². The number of halogens is 2.